The average Bonchev–Trinajstić information content (AvgIpc) is 2.73. The Hall–Kier alpha value is -0.831. The molecule has 17 heavy (non-hydrogen) atoms. The van der Waals surface area contributed by atoms with Crippen molar-refractivity contribution < 1.29 is 14.6 Å². The predicted octanol–water partition coefficient (Wildman–Crippen LogP) is 0.748. The van der Waals surface area contributed by atoms with Crippen LogP contribution in [-0.2, 0) is 9.53 Å². The van der Waals surface area contributed by atoms with Gasteiger partial charge in [0.15, 0.2) is 0 Å². The Labute approximate surface area is 107 Å². The fourth-order valence-electron chi connectivity index (χ4n) is 1.88. The van der Waals surface area contributed by atoms with Crippen LogP contribution in [0.25, 0.3) is 0 Å². The molecule has 1 aromatic carbocycles. The van der Waals surface area contributed by atoms with Crippen molar-refractivity contribution in [2.75, 3.05) is 6.61 Å². The molecule has 3 nitrogen and oxygen atoms in total. The van der Waals surface area contributed by atoms with Crippen LogP contribution in [0.15, 0.2) is 30.3 Å². The van der Waals surface area contributed by atoms with Gasteiger partial charge in [0, 0.05) is 0 Å². The van der Waals surface area contributed by atoms with E-state index in [1.54, 1.807) is 0 Å². The molecular formula is C13H16O3Se. The Bertz CT molecular complexity index is 366. The van der Waals surface area contributed by atoms with Crippen LogP contribution in [0.2, 0.25) is 5.32 Å². The van der Waals surface area contributed by atoms with Gasteiger partial charge in [0.25, 0.3) is 0 Å². The van der Waals surface area contributed by atoms with Crippen molar-refractivity contribution >= 4 is 25.4 Å². The second-order valence-corrected chi connectivity index (χ2v) is 6.56. The average molecular weight is 299 g/mol. The molecule has 0 bridgehead atoms. The van der Waals surface area contributed by atoms with E-state index >= 15 is 0 Å². The normalized spacial score (nSPS) is 21.2. The number of carbonyl (C=O) groups is 1. The van der Waals surface area contributed by atoms with Crippen molar-refractivity contribution in [3.8, 4) is 0 Å². The first-order valence-corrected chi connectivity index (χ1v) is 7.82. The van der Waals surface area contributed by atoms with E-state index in [1.807, 2.05) is 18.2 Å². The molecule has 0 radical (unpaired) electrons. The zero-order valence-electron chi connectivity index (χ0n) is 9.54. The van der Waals surface area contributed by atoms with Gasteiger partial charge < -0.3 is 0 Å². The summed E-state index contributed by atoms with van der Waals surface area (Å²) in [6.45, 7) is 0.480. The molecule has 4 heteroatoms. The Balaban J connectivity index is 1.71. The first-order chi connectivity index (χ1) is 8.24. The molecule has 1 N–H and O–H groups in total. The summed E-state index contributed by atoms with van der Waals surface area (Å²) in [6.07, 6.45) is 0.838. The van der Waals surface area contributed by atoms with Crippen molar-refractivity contribution in [3.05, 3.63) is 30.3 Å². The maximum absolute atomic E-state index is 10.9. The number of ether oxygens (including phenoxy) is 1. The molecule has 1 aromatic rings. The third-order valence-corrected chi connectivity index (χ3v) is 5.15. The summed E-state index contributed by atoms with van der Waals surface area (Å²) in [6, 6.07) is 10.2. The van der Waals surface area contributed by atoms with Crippen molar-refractivity contribution in [2.24, 2.45) is 5.92 Å². The van der Waals surface area contributed by atoms with Gasteiger partial charge in [-0.05, 0) is 0 Å². The van der Waals surface area contributed by atoms with Gasteiger partial charge in [-0.25, -0.2) is 0 Å². The van der Waals surface area contributed by atoms with E-state index in [2.05, 4.69) is 12.1 Å². The quantitative estimate of drug-likeness (QED) is 0.645. The van der Waals surface area contributed by atoms with Crippen LogP contribution in [0, 0.1) is 5.92 Å². The van der Waals surface area contributed by atoms with Crippen LogP contribution in [0.3, 0.4) is 0 Å². The van der Waals surface area contributed by atoms with Gasteiger partial charge in [0.2, 0.25) is 0 Å². The van der Waals surface area contributed by atoms with E-state index in [4.69, 9.17) is 4.74 Å². The van der Waals surface area contributed by atoms with Gasteiger partial charge in [-0.3, -0.25) is 0 Å². The molecular weight excluding hydrogens is 283 g/mol. The van der Waals surface area contributed by atoms with Crippen LogP contribution in [0.4, 0.5) is 0 Å². The summed E-state index contributed by atoms with van der Waals surface area (Å²) < 4.78 is 6.19. The van der Waals surface area contributed by atoms with Gasteiger partial charge >= 0.3 is 107 Å². The van der Waals surface area contributed by atoms with Crippen LogP contribution >= 0.6 is 0 Å². The summed E-state index contributed by atoms with van der Waals surface area (Å²) >= 11 is 0.310. The van der Waals surface area contributed by atoms with E-state index in [1.165, 1.54) is 4.46 Å². The van der Waals surface area contributed by atoms with E-state index in [0.717, 1.165) is 5.32 Å². The second-order valence-electron chi connectivity index (χ2n) is 4.27. The van der Waals surface area contributed by atoms with Gasteiger partial charge in [0.05, 0.1) is 0 Å². The molecule has 1 aliphatic rings. The molecule has 0 spiro atoms. The van der Waals surface area contributed by atoms with Gasteiger partial charge in [0.1, 0.15) is 0 Å². The maximum atomic E-state index is 10.9. The number of benzene rings is 1. The fraction of sp³-hybridized carbons (Fsp3) is 0.462. The van der Waals surface area contributed by atoms with E-state index in [0.29, 0.717) is 34.4 Å². The summed E-state index contributed by atoms with van der Waals surface area (Å²) in [5.74, 6) is 0.0832. The summed E-state index contributed by atoms with van der Waals surface area (Å²) in [4.78, 5) is 10.9. The zero-order chi connectivity index (χ0) is 12.1. The molecule has 0 saturated carbocycles. The van der Waals surface area contributed by atoms with Crippen LogP contribution in [-0.4, -0.2) is 38.7 Å². The zero-order valence-corrected chi connectivity index (χ0v) is 11.3. The van der Waals surface area contributed by atoms with E-state index in [-0.39, 0.29) is 18.0 Å². The molecule has 0 aromatic heterocycles. The molecule has 1 aliphatic heterocycles. The number of rotatable bonds is 5. The molecule has 2 atom stereocenters. The molecule has 2 rings (SSSR count). The van der Waals surface area contributed by atoms with Crippen molar-refractivity contribution in [3.63, 3.8) is 0 Å². The molecule has 0 aliphatic carbocycles. The van der Waals surface area contributed by atoms with Gasteiger partial charge in [-0.2, -0.15) is 0 Å². The summed E-state index contributed by atoms with van der Waals surface area (Å²) in [7, 11) is 0. The topological polar surface area (TPSA) is 46.5 Å². The molecule has 1 fully saturated rings. The van der Waals surface area contributed by atoms with Crippen molar-refractivity contribution in [1.29, 1.82) is 0 Å². The number of carbonyl (C=O) groups excluding carboxylic acids is 1. The Morgan fingerprint density at radius 1 is 1.41 bits per heavy atom. The van der Waals surface area contributed by atoms with Gasteiger partial charge in [-0.15, -0.1) is 0 Å². The minimum absolute atomic E-state index is 0.129. The van der Waals surface area contributed by atoms with E-state index < -0.39 is 0 Å². The number of esters is 1. The van der Waals surface area contributed by atoms with Crippen LogP contribution in [0.1, 0.15) is 12.8 Å². The summed E-state index contributed by atoms with van der Waals surface area (Å²) in [5, 5.41) is 10.7. The molecule has 1 saturated heterocycles. The van der Waals surface area contributed by atoms with Crippen LogP contribution < -0.4 is 4.46 Å². The third-order valence-electron chi connectivity index (χ3n) is 2.73. The Kier molecular flexibility index (Phi) is 4.60. The molecule has 1 heterocycles. The van der Waals surface area contributed by atoms with Crippen LogP contribution in [0.5, 0.6) is 0 Å². The third kappa shape index (κ3) is 4.15. The molecule has 0 amide bonds. The first-order valence-electron chi connectivity index (χ1n) is 5.75. The standard InChI is InChI=1S/C13H16O3Se/c14-11(6-10-7-13(15)16-8-10)9-17-12-4-2-1-3-5-12/h1-5,10-11,14H,6-9H2/t10-,11+/m1/s1. The number of hydrogen-bond acceptors (Lipinski definition) is 3. The summed E-state index contributed by atoms with van der Waals surface area (Å²) in [5.41, 5.74) is 0. The second kappa shape index (κ2) is 6.20. The number of aliphatic hydroxyl groups excluding tert-OH is 1. The number of hydrogen-bond donors (Lipinski definition) is 1. The Morgan fingerprint density at radius 3 is 2.82 bits per heavy atom. The Morgan fingerprint density at radius 2 is 2.18 bits per heavy atom. The predicted molar refractivity (Wildman–Crippen MR) is 66.3 cm³/mol. The van der Waals surface area contributed by atoms with Gasteiger partial charge in [-0.1, -0.05) is 0 Å². The number of cyclic esters (lactones) is 1. The molecule has 0 unspecified atom stereocenters. The monoisotopic (exact) mass is 300 g/mol. The fourth-order valence-corrected chi connectivity index (χ4v) is 3.70. The molecule has 92 valence electrons. The minimum atomic E-state index is -0.310. The van der Waals surface area contributed by atoms with E-state index in [9.17, 15) is 9.90 Å². The SMILES string of the molecule is O=C1C[C@@H](C[C@H](O)C[Se]c2ccccc2)CO1. The first kappa shape index (κ1) is 12.6. The van der Waals surface area contributed by atoms with Crippen molar-refractivity contribution in [2.45, 2.75) is 24.3 Å². The number of aliphatic hydroxyl groups is 1. The van der Waals surface area contributed by atoms with Crippen molar-refractivity contribution in [1.82, 2.24) is 0 Å².